The van der Waals surface area contributed by atoms with Crippen LogP contribution in [0.5, 0.6) is 0 Å². The summed E-state index contributed by atoms with van der Waals surface area (Å²) in [5, 5.41) is 0. The smallest absolute Gasteiger partial charge is 0.211 e. The Kier molecular flexibility index (Phi) is 5.22. The monoisotopic (exact) mass is 307 g/mol. The van der Waals surface area contributed by atoms with Crippen LogP contribution in [-0.4, -0.2) is 15.0 Å². The fourth-order valence-electron chi connectivity index (χ4n) is 3.14. The zero-order chi connectivity index (χ0) is 15.5. The molecule has 3 nitrogen and oxygen atoms in total. The molecule has 0 atom stereocenters. The molecule has 0 saturated heterocycles. The van der Waals surface area contributed by atoms with Crippen LogP contribution in [-0.2, 0) is 10.0 Å². The molecule has 0 radical (unpaired) electrons. The molecule has 0 amide bonds. The van der Waals surface area contributed by atoms with Gasteiger partial charge in [0, 0.05) is 6.54 Å². The Hall–Kier alpha value is -1.13. The number of hydrogen-bond acceptors (Lipinski definition) is 2. The lowest BCUT2D eigenvalue weighted by molar-refractivity contribution is 0.578. The van der Waals surface area contributed by atoms with E-state index in [1.165, 1.54) is 18.4 Å². The maximum atomic E-state index is 12.5. The van der Waals surface area contributed by atoms with Crippen molar-refractivity contribution in [3.63, 3.8) is 0 Å². The molecule has 0 saturated carbocycles. The van der Waals surface area contributed by atoms with Gasteiger partial charge >= 0.3 is 0 Å². The molecule has 1 N–H and O–H groups in total. The summed E-state index contributed by atoms with van der Waals surface area (Å²) in [6.07, 6.45) is 7.83. The van der Waals surface area contributed by atoms with Crippen LogP contribution in [0.3, 0.4) is 0 Å². The number of hydrogen-bond donors (Lipinski definition) is 1. The lowest BCUT2D eigenvalue weighted by Gasteiger charge is -2.15. The third kappa shape index (κ3) is 4.17. The highest BCUT2D eigenvalue weighted by Gasteiger charge is 2.19. The van der Waals surface area contributed by atoms with Crippen molar-refractivity contribution in [2.45, 2.75) is 57.8 Å². The number of sulfonamides is 1. The molecule has 1 aromatic carbocycles. The van der Waals surface area contributed by atoms with Crippen LogP contribution in [0.25, 0.3) is 0 Å². The molecule has 0 aliphatic heterocycles. The molecule has 0 spiro atoms. The molecule has 1 aliphatic rings. The number of rotatable bonds is 5. The molecule has 21 heavy (non-hydrogen) atoms. The minimum absolute atomic E-state index is 0.436. The summed E-state index contributed by atoms with van der Waals surface area (Å²) in [7, 11) is -3.42. The standard InChI is InChI=1S/C17H25NO2S/c1-13-11-14(2)17(15(3)12-13)21(19,20)18-10-9-16-7-5-4-6-8-16/h7,11-12,18H,4-6,8-10H2,1-3H3. The minimum Gasteiger partial charge on any atom is -0.211 e. The maximum Gasteiger partial charge on any atom is 0.241 e. The number of nitrogens with one attached hydrogen (secondary N) is 1. The third-order valence-electron chi connectivity index (χ3n) is 4.00. The summed E-state index contributed by atoms with van der Waals surface area (Å²) in [4.78, 5) is 0.436. The van der Waals surface area contributed by atoms with Crippen molar-refractivity contribution in [2.24, 2.45) is 0 Å². The van der Waals surface area contributed by atoms with E-state index in [1.54, 1.807) is 0 Å². The van der Waals surface area contributed by atoms with Crippen LogP contribution in [0.4, 0.5) is 0 Å². The molecular weight excluding hydrogens is 282 g/mol. The normalized spacial score (nSPS) is 15.9. The Labute approximate surface area is 128 Å². The highest BCUT2D eigenvalue weighted by molar-refractivity contribution is 7.89. The van der Waals surface area contributed by atoms with Crippen LogP contribution in [0.15, 0.2) is 28.7 Å². The van der Waals surface area contributed by atoms with E-state index in [-0.39, 0.29) is 0 Å². The molecule has 0 aromatic heterocycles. The highest BCUT2D eigenvalue weighted by atomic mass is 32.2. The summed E-state index contributed by atoms with van der Waals surface area (Å²) in [6, 6.07) is 3.84. The SMILES string of the molecule is Cc1cc(C)c(S(=O)(=O)NCCC2=CCCCC2)c(C)c1. The van der Waals surface area contributed by atoms with Gasteiger partial charge in [-0.05, 0) is 64.0 Å². The first kappa shape index (κ1) is 16.2. The van der Waals surface area contributed by atoms with Gasteiger partial charge in [-0.25, -0.2) is 13.1 Å². The van der Waals surface area contributed by atoms with Gasteiger partial charge in [0.15, 0.2) is 0 Å². The van der Waals surface area contributed by atoms with Crippen LogP contribution in [0, 0.1) is 20.8 Å². The van der Waals surface area contributed by atoms with Crippen molar-refractivity contribution >= 4 is 10.0 Å². The van der Waals surface area contributed by atoms with Crippen molar-refractivity contribution in [3.8, 4) is 0 Å². The van der Waals surface area contributed by atoms with E-state index >= 15 is 0 Å². The molecule has 2 rings (SSSR count). The van der Waals surface area contributed by atoms with Gasteiger partial charge in [0.05, 0.1) is 4.90 Å². The predicted molar refractivity (Wildman–Crippen MR) is 87.0 cm³/mol. The predicted octanol–water partition coefficient (Wildman–Crippen LogP) is 3.78. The average molecular weight is 307 g/mol. The van der Waals surface area contributed by atoms with Crippen LogP contribution < -0.4 is 4.72 Å². The average Bonchev–Trinajstić information content (AvgIpc) is 2.38. The second kappa shape index (κ2) is 6.75. The summed E-state index contributed by atoms with van der Waals surface area (Å²) >= 11 is 0. The lowest BCUT2D eigenvalue weighted by Crippen LogP contribution is -2.26. The highest BCUT2D eigenvalue weighted by Crippen LogP contribution is 2.22. The molecular formula is C17H25NO2S. The van der Waals surface area contributed by atoms with Gasteiger partial charge < -0.3 is 0 Å². The third-order valence-corrected chi connectivity index (χ3v) is 5.76. The molecule has 1 aromatic rings. The van der Waals surface area contributed by atoms with Gasteiger partial charge in [0.2, 0.25) is 10.0 Å². The van der Waals surface area contributed by atoms with Gasteiger partial charge in [-0.15, -0.1) is 0 Å². The Morgan fingerprint density at radius 1 is 1.10 bits per heavy atom. The van der Waals surface area contributed by atoms with E-state index in [2.05, 4.69) is 10.8 Å². The molecule has 1 aliphatic carbocycles. The van der Waals surface area contributed by atoms with Crippen molar-refractivity contribution in [2.75, 3.05) is 6.54 Å². The molecule has 0 heterocycles. The number of allylic oxidation sites excluding steroid dienone is 1. The van der Waals surface area contributed by atoms with Gasteiger partial charge in [0.25, 0.3) is 0 Å². The van der Waals surface area contributed by atoms with E-state index in [0.717, 1.165) is 36.0 Å². The second-order valence-electron chi connectivity index (χ2n) is 5.98. The maximum absolute atomic E-state index is 12.5. The van der Waals surface area contributed by atoms with Gasteiger partial charge in [0.1, 0.15) is 0 Å². The van der Waals surface area contributed by atoms with Crippen LogP contribution >= 0.6 is 0 Å². The number of aryl methyl sites for hydroxylation is 3. The first-order chi connectivity index (χ1) is 9.90. The Morgan fingerprint density at radius 3 is 2.33 bits per heavy atom. The molecule has 0 bridgehead atoms. The van der Waals surface area contributed by atoms with E-state index in [4.69, 9.17) is 0 Å². The van der Waals surface area contributed by atoms with Gasteiger partial charge in [-0.1, -0.05) is 29.3 Å². The van der Waals surface area contributed by atoms with Crippen molar-refractivity contribution in [1.29, 1.82) is 0 Å². The summed E-state index contributed by atoms with van der Waals surface area (Å²) in [6.45, 7) is 6.19. The zero-order valence-corrected chi connectivity index (χ0v) is 14.0. The minimum atomic E-state index is -3.42. The molecule has 116 valence electrons. The Bertz CT molecular complexity index is 622. The van der Waals surface area contributed by atoms with E-state index in [9.17, 15) is 8.42 Å². The topological polar surface area (TPSA) is 46.2 Å². The first-order valence-electron chi connectivity index (χ1n) is 7.65. The summed E-state index contributed by atoms with van der Waals surface area (Å²) in [5.74, 6) is 0. The Balaban J connectivity index is 2.07. The van der Waals surface area contributed by atoms with Crippen molar-refractivity contribution in [3.05, 3.63) is 40.5 Å². The molecule has 0 unspecified atom stereocenters. The lowest BCUT2D eigenvalue weighted by atomic mass is 9.97. The fraction of sp³-hybridized carbons (Fsp3) is 0.529. The zero-order valence-electron chi connectivity index (χ0n) is 13.2. The van der Waals surface area contributed by atoms with Crippen LogP contribution in [0.2, 0.25) is 0 Å². The molecule has 0 fully saturated rings. The summed E-state index contributed by atoms with van der Waals surface area (Å²) < 4.78 is 27.7. The van der Waals surface area contributed by atoms with Gasteiger partial charge in [-0.3, -0.25) is 0 Å². The van der Waals surface area contributed by atoms with Gasteiger partial charge in [-0.2, -0.15) is 0 Å². The van der Waals surface area contributed by atoms with E-state index < -0.39 is 10.0 Å². The first-order valence-corrected chi connectivity index (χ1v) is 9.14. The van der Waals surface area contributed by atoms with Crippen molar-refractivity contribution < 1.29 is 8.42 Å². The Morgan fingerprint density at radius 2 is 1.76 bits per heavy atom. The number of benzene rings is 1. The second-order valence-corrected chi connectivity index (χ2v) is 7.69. The van der Waals surface area contributed by atoms with Crippen LogP contribution in [0.1, 0.15) is 48.8 Å². The van der Waals surface area contributed by atoms with Crippen molar-refractivity contribution in [1.82, 2.24) is 4.72 Å². The molecule has 4 heteroatoms. The van der Waals surface area contributed by atoms with E-state index in [0.29, 0.717) is 11.4 Å². The summed E-state index contributed by atoms with van der Waals surface area (Å²) in [5.41, 5.74) is 4.12. The fourth-order valence-corrected chi connectivity index (χ4v) is 4.62. The van der Waals surface area contributed by atoms with E-state index in [1.807, 2.05) is 32.9 Å². The quantitative estimate of drug-likeness (QED) is 0.841. The largest absolute Gasteiger partial charge is 0.241 e.